The van der Waals surface area contributed by atoms with Gasteiger partial charge in [0.15, 0.2) is 0 Å². The number of Topliss-reactive ketones (excluding diaryl/α,β-unsaturated/α-hetero) is 1. The molecule has 1 saturated heterocycles. The molecule has 2 fully saturated rings. The molecule has 2 nitrogen and oxygen atoms in total. The summed E-state index contributed by atoms with van der Waals surface area (Å²) in [6.07, 6.45) is 10.4. The van der Waals surface area contributed by atoms with Crippen LogP contribution in [0.2, 0.25) is 0 Å². The first-order valence-corrected chi connectivity index (χ1v) is 7.71. The van der Waals surface area contributed by atoms with Crippen LogP contribution in [0.3, 0.4) is 0 Å². The maximum absolute atomic E-state index is 12.1. The number of ether oxygens (including phenoxy) is 1. The van der Waals surface area contributed by atoms with E-state index in [2.05, 4.69) is 13.8 Å². The van der Waals surface area contributed by atoms with E-state index in [4.69, 9.17) is 4.74 Å². The minimum atomic E-state index is 0.363. The minimum Gasteiger partial charge on any atom is -0.378 e. The number of carbonyl (C=O) groups excluding carboxylic acids is 1. The van der Waals surface area contributed by atoms with Gasteiger partial charge in [-0.2, -0.15) is 0 Å². The molecular formula is C16H28O2. The second-order valence-electron chi connectivity index (χ2n) is 6.93. The summed E-state index contributed by atoms with van der Waals surface area (Å²) in [5.41, 5.74) is 0.467. The van der Waals surface area contributed by atoms with Gasteiger partial charge in [-0.05, 0) is 56.8 Å². The molecular weight excluding hydrogens is 224 g/mol. The van der Waals surface area contributed by atoms with E-state index >= 15 is 0 Å². The zero-order valence-electron chi connectivity index (χ0n) is 12.0. The Bertz CT molecular complexity index is 267. The van der Waals surface area contributed by atoms with Crippen molar-refractivity contribution < 1.29 is 9.53 Å². The third-order valence-electron chi connectivity index (χ3n) is 4.77. The molecule has 0 radical (unpaired) electrons. The molecule has 1 aliphatic carbocycles. The predicted octanol–water partition coefficient (Wildman–Crippen LogP) is 4.12. The van der Waals surface area contributed by atoms with Gasteiger partial charge in [0.2, 0.25) is 0 Å². The van der Waals surface area contributed by atoms with Gasteiger partial charge >= 0.3 is 0 Å². The van der Waals surface area contributed by atoms with Crippen molar-refractivity contribution in [2.45, 2.75) is 77.7 Å². The second kappa shape index (κ2) is 6.18. The molecule has 104 valence electrons. The van der Waals surface area contributed by atoms with E-state index in [1.807, 2.05) is 0 Å². The zero-order valence-corrected chi connectivity index (χ0v) is 12.0. The highest BCUT2D eigenvalue weighted by atomic mass is 16.5. The average molecular weight is 252 g/mol. The van der Waals surface area contributed by atoms with Crippen LogP contribution in [0.1, 0.15) is 71.6 Å². The van der Waals surface area contributed by atoms with Gasteiger partial charge in [-0.3, -0.25) is 4.79 Å². The van der Waals surface area contributed by atoms with Crippen LogP contribution in [0.25, 0.3) is 0 Å². The summed E-state index contributed by atoms with van der Waals surface area (Å²) in [6.45, 7) is 5.58. The lowest BCUT2D eigenvalue weighted by Gasteiger charge is -2.33. The maximum Gasteiger partial charge on any atom is 0.135 e. The van der Waals surface area contributed by atoms with Crippen molar-refractivity contribution in [3.05, 3.63) is 0 Å². The Morgan fingerprint density at radius 1 is 1.22 bits per heavy atom. The Kier molecular flexibility index (Phi) is 4.83. The quantitative estimate of drug-likeness (QED) is 0.735. The lowest BCUT2D eigenvalue weighted by molar-refractivity contribution is -0.124. The third kappa shape index (κ3) is 4.08. The fourth-order valence-electron chi connectivity index (χ4n) is 3.30. The molecule has 0 aromatic carbocycles. The Balaban J connectivity index is 1.62. The normalized spacial score (nSPS) is 28.4. The Labute approximate surface area is 111 Å². The van der Waals surface area contributed by atoms with E-state index < -0.39 is 0 Å². The van der Waals surface area contributed by atoms with Crippen molar-refractivity contribution in [2.24, 2.45) is 11.3 Å². The summed E-state index contributed by atoms with van der Waals surface area (Å²) in [5.74, 6) is 0.881. The highest BCUT2D eigenvalue weighted by Gasteiger charge is 2.30. The van der Waals surface area contributed by atoms with Gasteiger partial charge in [0.1, 0.15) is 5.78 Å². The van der Waals surface area contributed by atoms with Gasteiger partial charge in [0.25, 0.3) is 0 Å². The van der Waals surface area contributed by atoms with Crippen molar-refractivity contribution in [3.8, 4) is 0 Å². The average Bonchev–Trinajstić information content (AvgIpc) is 2.82. The molecule has 1 unspecified atom stereocenters. The summed E-state index contributed by atoms with van der Waals surface area (Å²) in [5, 5.41) is 0. The fraction of sp³-hybridized carbons (Fsp3) is 0.938. The number of hydrogen-bond acceptors (Lipinski definition) is 2. The second-order valence-corrected chi connectivity index (χ2v) is 6.93. The maximum atomic E-state index is 12.1. The van der Waals surface area contributed by atoms with Gasteiger partial charge in [0, 0.05) is 18.9 Å². The van der Waals surface area contributed by atoms with E-state index in [1.165, 1.54) is 25.7 Å². The van der Waals surface area contributed by atoms with Crippen LogP contribution in [0.4, 0.5) is 0 Å². The molecule has 0 N–H and O–H groups in total. The summed E-state index contributed by atoms with van der Waals surface area (Å²) in [7, 11) is 0. The van der Waals surface area contributed by atoms with E-state index in [-0.39, 0.29) is 0 Å². The standard InChI is InChI=1S/C16H28O2/c1-16(2)10-8-13(9-11-16)15(17)7-3-5-14-6-4-12-18-14/h13-14H,3-12H2,1-2H3. The van der Waals surface area contributed by atoms with Crippen LogP contribution in [0.15, 0.2) is 0 Å². The van der Waals surface area contributed by atoms with Gasteiger partial charge in [-0.1, -0.05) is 13.8 Å². The molecule has 1 aliphatic heterocycles. The van der Waals surface area contributed by atoms with Crippen LogP contribution in [0, 0.1) is 11.3 Å². The molecule has 1 saturated carbocycles. The molecule has 2 aliphatic rings. The molecule has 18 heavy (non-hydrogen) atoms. The predicted molar refractivity (Wildman–Crippen MR) is 73.6 cm³/mol. The highest BCUT2D eigenvalue weighted by molar-refractivity contribution is 5.81. The van der Waals surface area contributed by atoms with Crippen LogP contribution in [-0.4, -0.2) is 18.5 Å². The summed E-state index contributed by atoms with van der Waals surface area (Å²) < 4.78 is 5.60. The van der Waals surface area contributed by atoms with E-state index in [1.54, 1.807) is 0 Å². The molecule has 0 aromatic rings. The SMILES string of the molecule is CC1(C)CCC(C(=O)CCCC2CCCO2)CC1. The van der Waals surface area contributed by atoms with E-state index in [0.29, 0.717) is 23.2 Å². The van der Waals surface area contributed by atoms with Gasteiger partial charge in [-0.15, -0.1) is 0 Å². The first-order valence-electron chi connectivity index (χ1n) is 7.71. The van der Waals surface area contributed by atoms with Crippen LogP contribution < -0.4 is 0 Å². The topological polar surface area (TPSA) is 26.3 Å². The van der Waals surface area contributed by atoms with Crippen molar-refractivity contribution in [1.29, 1.82) is 0 Å². The third-order valence-corrected chi connectivity index (χ3v) is 4.77. The van der Waals surface area contributed by atoms with Crippen molar-refractivity contribution in [3.63, 3.8) is 0 Å². The Morgan fingerprint density at radius 2 is 1.94 bits per heavy atom. The Morgan fingerprint density at radius 3 is 2.56 bits per heavy atom. The number of hydrogen-bond donors (Lipinski definition) is 0. The van der Waals surface area contributed by atoms with Crippen molar-refractivity contribution in [2.75, 3.05) is 6.61 Å². The molecule has 0 bridgehead atoms. The summed E-state index contributed by atoms with van der Waals surface area (Å²) >= 11 is 0. The summed E-state index contributed by atoms with van der Waals surface area (Å²) in [6, 6.07) is 0. The zero-order chi connectivity index (χ0) is 13.0. The number of ketones is 1. The summed E-state index contributed by atoms with van der Waals surface area (Å²) in [4.78, 5) is 12.1. The van der Waals surface area contributed by atoms with Crippen molar-refractivity contribution >= 4 is 5.78 Å². The van der Waals surface area contributed by atoms with Crippen LogP contribution in [-0.2, 0) is 9.53 Å². The lowest BCUT2D eigenvalue weighted by Crippen LogP contribution is -2.26. The smallest absolute Gasteiger partial charge is 0.135 e. The largest absolute Gasteiger partial charge is 0.378 e. The molecule has 0 spiro atoms. The Hall–Kier alpha value is -0.370. The monoisotopic (exact) mass is 252 g/mol. The van der Waals surface area contributed by atoms with Crippen LogP contribution in [0.5, 0.6) is 0 Å². The first kappa shape index (κ1) is 14.0. The number of rotatable bonds is 5. The van der Waals surface area contributed by atoms with Gasteiger partial charge < -0.3 is 4.74 Å². The number of carbonyl (C=O) groups is 1. The lowest BCUT2D eigenvalue weighted by atomic mass is 9.71. The first-order chi connectivity index (χ1) is 8.57. The molecule has 0 amide bonds. The highest BCUT2D eigenvalue weighted by Crippen LogP contribution is 2.38. The van der Waals surface area contributed by atoms with Gasteiger partial charge in [-0.25, -0.2) is 0 Å². The van der Waals surface area contributed by atoms with Crippen LogP contribution >= 0.6 is 0 Å². The fourth-order valence-corrected chi connectivity index (χ4v) is 3.30. The van der Waals surface area contributed by atoms with Crippen molar-refractivity contribution in [1.82, 2.24) is 0 Å². The minimum absolute atomic E-state index is 0.363. The van der Waals surface area contributed by atoms with Gasteiger partial charge in [0.05, 0.1) is 6.10 Å². The van der Waals surface area contributed by atoms with E-state index in [0.717, 1.165) is 38.7 Å². The van der Waals surface area contributed by atoms with E-state index in [9.17, 15) is 4.79 Å². The molecule has 0 aromatic heterocycles. The molecule has 2 rings (SSSR count). The molecule has 2 heteroatoms. The molecule has 1 heterocycles. The molecule has 1 atom stereocenters.